The zero-order valence-corrected chi connectivity index (χ0v) is 34.5. The highest BCUT2D eigenvalue weighted by atomic mass is 31.2. The lowest BCUT2D eigenvalue weighted by Gasteiger charge is -2.41. The van der Waals surface area contributed by atoms with Crippen LogP contribution in [0, 0.1) is 0 Å². The fraction of sp³-hybridized carbons (Fsp3) is 0.714. The Bertz CT molecular complexity index is 1220. The molecule has 6 unspecified atom stereocenters. The molecule has 0 aliphatic heterocycles. The van der Waals surface area contributed by atoms with Crippen LogP contribution in [0.1, 0.15) is 136 Å². The first kappa shape index (κ1) is 51.6. The molecule has 6 N–H and O–H groups in total. The van der Waals surface area contributed by atoms with Crippen LogP contribution in [0.5, 0.6) is 0 Å². The summed E-state index contributed by atoms with van der Waals surface area (Å²) in [6, 6.07) is 0. The van der Waals surface area contributed by atoms with Crippen molar-refractivity contribution >= 4 is 19.8 Å². The van der Waals surface area contributed by atoms with Gasteiger partial charge in [0.25, 0.3) is 0 Å². The first-order valence-corrected chi connectivity index (χ1v) is 22.1. The van der Waals surface area contributed by atoms with Crippen molar-refractivity contribution in [1.82, 2.24) is 0 Å². The third-order valence-electron chi connectivity index (χ3n) is 9.09. The van der Waals surface area contributed by atoms with Gasteiger partial charge in [0.2, 0.25) is 0 Å². The summed E-state index contributed by atoms with van der Waals surface area (Å²) >= 11 is 0. The Morgan fingerprint density at radius 3 is 1.61 bits per heavy atom. The monoisotopic (exact) mass is 814 g/mol. The Kier molecular flexibility index (Phi) is 29.9. The molecule has 0 radical (unpaired) electrons. The third-order valence-corrected chi connectivity index (χ3v) is 10.1. The number of carbonyl (C=O) groups is 2. The van der Waals surface area contributed by atoms with Crippen molar-refractivity contribution in [3.05, 3.63) is 60.8 Å². The van der Waals surface area contributed by atoms with Gasteiger partial charge in [-0.15, -0.1) is 0 Å². The summed E-state index contributed by atoms with van der Waals surface area (Å²) in [5, 5.41) is 50.0. The van der Waals surface area contributed by atoms with Crippen molar-refractivity contribution in [2.75, 3.05) is 13.2 Å². The van der Waals surface area contributed by atoms with Gasteiger partial charge in [-0.2, -0.15) is 0 Å². The summed E-state index contributed by atoms with van der Waals surface area (Å²) in [4.78, 5) is 35.5. The van der Waals surface area contributed by atoms with Gasteiger partial charge in [-0.3, -0.25) is 18.6 Å². The molecule has 1 aliphatic carbocycles. The maximum absolute atomic E-state index is 12.8. The quantitative estimate of drug-likeness (QED) is 0.0175. The maximum atomic E-state index is 12.8. The van der Waals surface area contributed by atoms with E-state index in [1.165, 1.54) is 19.3 Å². The van der Waals surface area contributed by atoms with E-state index in [4.69, 9.17) is 18.5 Å². The van der Waals surface area contributed by atoms with Crippen LogP contribution in [0.3, 0.4) is 0 Å². The molecule has 0 aromatic rings. The zero-order valence-electron chi connectivity index (χ0n) is 33.7. The van der Waals surface area contributed by atoms with Crippen molar-refractivity contribution in [3.63, 3.8) is 0 Å². The number of hydrogen-bond acceptors (Lipinski definition) is 12. The number of aliphatic hydroxyl groups excluding tert-OH is 5. The first-order chi connectivity index (χ1) is 26.9. The third kappa shape index (κ3) is 25.0. The Labute approximate surface area is 334 Å². The fourth-order valence-electron chi connectivity index (χ4n) is 5.74. The average molecular weight is 815 g/mol. The molecule has 0 aromatic carbocycles. The van der Waals surface area contributed by atoms with Crippen molar-refractivity contribution in [2.45, 2.75) is 179 Å². The van der Waals surface area contributed by atoms with Gasteiger partial charge < -0.3 is 39.9 Å². The van der Waals surface area contributed by atoms with Crippen LogP contribution < -0.4 is 0 Å². The molecule has 0 heterocycles. The second-order valence-electron chi connectivity index (χ2n) is 14.1. The summed E-state index contributed by atoms with van der Waals surface area (Å²) in [5.41, 5.74) is 0. The van der Waals surface area contributed by atoms with Gasteiger partial charge in [0.05, 0.1) is 6.61 Å². The summed E-state index contributed by atoms with van der Waals surface area (Å²) in [7, 11) is -5.13. The van der Waals surface area contributed by atoms with Crippen LogP contribution in [0.2, 0.25) is 0 Å². The number of phosphoric ester groups is 1. The van der Waals surface area contributed by atoms with E-state index in [0.29, 0.717) is 19.3 Å². The van der Waals surface area contributed by atoms with E-state index < -0.39 is 75.7 Å². The molecule has 14 heteroatoms. The van der Waals surface area contributed by atoms with Gasteiger partial charge in [-0.1, -0.05) is 107 Å². The molecule has 1 aliphatic rings. The number of phosphoric acid groups is 1. The minimum Gasteiger partial charge on any atom is -0.462 e. The van der Waals surface area contributed by atoms with E-state index in [2.05, 4.69) is 68.5 Å². The standard InChI is InChI=1S/C42H71O13P/c1-3-5-7-9-11-13-15-17-18-19-21-23-25-27-29-31-36(44)54-34(32-52-35(43)30-28-26-24-22-20-16-14-12-10-8-6-4-2)33-53-56(50,51)55-42-40(48)38(46)37(45)39(47)41(42)49/h5,7,11-14,17-18,21,23,34,37-42,45-49H,3-4,6,8-10,15-16,19-20,22,24-33H2,1-2H3,(H,50,51)/b7-5-,13-11-,14-12-,18-17-,23-21-/t34-,37?,38-,39?,40?,41?,42?/m1/s1. The van der Waals surface area contributed by atoms with Gasteiger partial charge in [0.1, 0.15) is 43.2 Å². The second-order valence-corrected chi connectivity index (χ2v) is 15.5. The summed E-state index contributed by atoms with van der Waals surface area (Å²) < 4.78 is 33.3. The average Bonchev–Trinajstić information content (AvgIpc) is 3.18. The van der Waals surface area contributed by atoms with Gasteiger partial charge in [-0.05, 0) is 77.0 Å². The lowest BCUT2D eigenvalue weighted by molar-refractivity contribution is -0.220. The van der Waals surface area contributed by atoms with Crippen LogP contribution in [0.25, 0.3) is 0 Å². The van der Waals surface area contributed by atoms with Gasteiger partial charge in [0.15, 0.2) is 6.10 Å². The van der Waals surface area contributed by atoms with Gasteiger partial charge >= 0.3 is 19.8 Å². The minimum atomic E-state index is -5.13. The molecule has 8 atom stereocenters. The second kappa shape index (κ2) is 32.5. The Morgan fingerprint density at radius 2 is 1.02 bits per heavy atom. The van der Waals surface area contributed by atoms with Crippen LogP contribution in [-0.2, 0) is 32.7 Å². The number of ether oxygens (including phenoxy) is 2. The highest BCUT2D eigenvalue weighted by molar-refractivity contribution is 7.47. The number of hydrogen-bond donors (Lipinski definition) is 6. The minimum absolute atomic E-state index is 0.0401. The largest absolute Gasteiger partial charge is 0.472 e. The topological polar surface area (TPSA) is 210 Å². The molecule has 1 rings (SSSR count). The van der Waals surface area contributed by atoms with Crippen LogP contribution in [0.4, 0.5) is 0 Å². The van der Waals surface area contributed by atoms with E-state index in [9.17, 15) is 44.6 Å². The van der Waals surface area contributed by atoms with Crippen molar-refractivity contribution in [3.8, 4) is 0 Å². The van der Waals surface area contributed by atoms with Crippen molar-refractivity contribution < 1.29 is 63.1 Å². The molecule has 0 bridgehead atoms. The summed E-state index contributed by atoms with van der Waals surface area (Å²) in [6.07, 6.45) is 24.4. The van der Waals surface area contributed by atoms with Crippen LogP contribution in [0.15, 0.2) is 60.8 Å². The molecular formula is C42H71O13P. The SMILES string of the molecule is CC/C=C\C/C=C\C/C=C\C/C=C\CCCCC(=O)O[C@H](COC(=O)CCCCCCC/C=C\CCCCC)COP(=O)(O)OC1C(O)C(O)C(O)[C@@H](O)C1O. The number of esters is 2. The van der Waals surface area contributed by atoms with E-state index >= 15 is 0 Å². The molecule has 0 saturated heterocycles. The van der Waals surface area contributed by atoms with E-state index in [1.807, 2.05) is 6.08 Å². The number of unbranched alkanes of at least 4 members (excludes halogenated alkanes) is 10. The maximum Gasteiger partial charge on any atom is 0.472 e. The number of carbonyl (C=O) groups excluding carboxylic acids is 2. The normalized spacial score (nSPS) is 23.5. The van der Waals surface area contributed by atoms with Crippen LogP contribution in [-0.4, -0.2) is 98.3 Å². The predicted molar refractivity (Wildman–Crippen MR) is 216 cm³/mol. The van der Waals surface area contributed by atoms with E-state index in [1.54, 1.807) is 0 Å². The number of allylic oxidation sites excluding steroid dienone is 10. The first-order valence-electron chi connectivity index (χ1n) is 20.6. The fourth-order valence-corrected chi connectivity index (χ4v) is 6.71. The Balaban J connectivity index is 2.57. The molecule has 0 spiro atoms. The number of rotatable bonds is 32. The molecular weight excluding hydrogens is 743 g/mol. The molecule has 56 heavy (non-hydrogen) atoms. The van der Waals surface area contributed by atoms with Gasteiger partial charge in [0, 0.05) is 12.8 Å². The molecule has 1 saturated carbocycles. The predicted octanol–water partition coefficient (Wildman–Crippen LogP) is 6.99. The molecule has 0 aromatic heterocycles. The van der Waals surface area contributed by atoms with E-state index in [-0.39, 0.29) is 12.8 Å². The summed E-state index contributed by atoms with van der Waals surface area (Å²) in [5.74, 6) is -1.17. The lowest BCUT2D eigenvalue weighted by atomic mass is 9.85. The Morgan fingerprint density at radius 1 is 0.571 bits per heavy atom. The van der Waals surface area contributed by atoms with Crippen molar-refractivity contribution in [2.24, 2.45) is 0 Å². The lowest BCUT2D eigenvalue weighted by Crippen LogP contribution is -2.64. The summed E-state index contributed by atoms with van der Waals surface area (Å²) in [6.45, 7) is 3.08. The Hall–Kier alpha value is -2.45. The smallest absolute Gasteiger partial charge is 0.462 e. The molecule has 1 fully saturated rings. The zero-order chi connectivity index (χ0) is 41.4. The number of aliphatic hydroxyl groups is 5. The van der Waals surface area contributed by atoms with Crippen LogP contribution >= 0.6 is 7.82 Å². The molecule has 322 valence electrons. The van der Waals surface area contributed by atoms with Gasteiger partial charge in [-0.25, -0.2) is 4.57 Å². The highest BCUT2D eigenvalue weighted by Gasteiger charge is 2.51. The molecule has 13 nitrogen and oxygen atoms in total. The molecule has 0 amide bonds. The highest BCUT2D eigenvalue weighted by Crippen LogP contribution is 2.47. The van der Waals surface area contributed by atoms with Crippen molar-refractivity contribution in [1.29, 1.82) is 0 Å². The van der Waals surface area contributed by atoms with E-state index in [0.717, 1.165) is 70.6 Å².